The molecule has 2 rings (SSSR count). The summed E-state index contributed by atoms with van der Waals surface area (Å²) in [5, 5.41) is 8.83. The van der Waals surface area contributed by atoms with Crippen molar-refractivity contribution in [3.8, 4) is 5.69 Å². The number of nitrogens with zero attached hydrogens (tertiary/aromatic N) is 3. The largest absolute Gasteiger partial charge is 0.268 e. The molecule has 0 aliphatic heterocycles. The summed E-state index contributed by atoms with van der Waals surface area (Å²) in [7, 11) is 0. The normalized spacial score (nSPS) is 10.8. The first-order valence-electron chi connectivity index (χ1n) is 4.99. The molecule has 84 valence electrons. The van der Waals surface area contributed by atoms with Gasteiger partial charge in [0.1, 0.15) is 5.82 Å². The maximum atomic E-state index is 6.19. The summed E-state index contributed by atoms with van der Waals surface area (Å²) in [6.07, 6.45) is 0.754. The molecule has 1 aromatic carbocycles. The van der Waals surface area contributed by atoms with Crippen LogP contribution in [0.5, 0.6) is 0 Å². The van der Waals surface area contributed by atoms with Crippen LogP contribution in [-0.2, 0) is 6.42 Å². The highest BCUT2D eigenvalue weighted by atomic mass is 35.5. The molecule has 1 heterocycles. The molecular formula is C11H11Cl2N3. The lowest BCUT2D eigenvalue weighted by atomic mass is 10.2. The highest BCUT2D eigenvalue weighted by Crippen LogP contribution is 2.25. The van der Waals surface area contributed by atoms with Gasteiger partial charge < -0.3 is 0 Å². The number of halogens is 2. The van der Waals surface area contributed by atoms with Crippen molar-refractivity contribution in [3.63, 3.8) is 0 Å². The number of hydrogen-bond donors (Lipinski definition) is 0. The Balaban J connectivity index is 2.62. The lowest BCUT2D eigenvalue weighted by Crippen LogP contribution is -2.01. The van der Waals surface area contributed by atoms with Crippen LogP contribution in [0, 0.1) is 6.92 Å². The Hall–Kier alpha value is -1.06. The molecule has 1 aromatic heterocycles. The topological polar surface area (TPSA) is 30.7 Å². The summed E-state index contributed by atoms with van der Waals surface area (Å²) in [4.78, 5) is 0. The van der Waals surface area contributed by atoms with Crippen LogP contribution in [0.25, 0.3) is 5.69 Å². The van der Waals surface area contributed by atoms with E-state index in [2.05, 4.69) is 10.2 Å². The van der Waals surface area contributed by atoms with Gasteiger partial charge in [-0.2, -0.15) is 0 Å². The van der Waals surface area contributed by atoms with Gasteiger partial charge in [0.15, 0.2) is 0 Å². The van der Waals surface area contributed by atoms with Crippen LogP contribution < -0.4 is 0 Å². The van der Waals surface area contributed by atoms with E-state index in [9.17, 15) is 0 Å². The molecule has 2 aromatic rings. The SMILES string of the molecule is CCc1nnc(Cl)n1-c1ccc(C)cc1Cl. The Labute approximate surface area is 104 Å². The third-order valence-electron chi connectivity index (χ3n) is 2.35. The number of hydrogen-bond acceptors (Lipinski definition) is 2. The van der Waals surface area contributed by atoms with Crippen molar-refractivity contribution in [3.05, 3.63) is 39.9 Å². The lowest BCUT2D eigenvalue weighted by Gasteiger charge is -2.09. The molecule has 0 radical (unpaired) electrons. The third-order valence-corrected chi connectivity index (χ3v) is 2.90. The molecule has 0 saturated heterocycles. The van der Waals surface area contributed by atoms with Crippen molar-refractivity contribution < 1.29 is 0 Å². The van der Waals surface area contributed by atoms with Crippen LogP contribution in [0.3, 0.4) is 0 Å². The lowest BCUT2D eigenvalue weighted by molar-refractivity contribution is 0.883. The van der Waals surface area contributed by atoms with Crippen LogP contribution in [-0.4, -0.2) is 14.8 Å². The van der Waals surface area contributed by atoms with E-state index in [1.54, 1.807) is 4.57 Å². The summed E-state index contributed by atoms with van der Waals surface area (Å²) >= 11 is 12.2. The van der Waals surface area contributed by atoms with E-state index < -0.39 is 0 Å². The van der Waals surface area contributed by atoms with Crippen molar-refractivity contribution in [2.75, 3.05) is 0 Å². The molecule has 0 saturated carbocycles. The number of benzene rings is 1. The maximum absolute atomic E-state index is 6.19. The van der Waals surface area contributed by atoms with E-state index in [1.165, 1.54) is 0 Å². The first kappa shape index (κ1) is 11.4. The zero-order valence-corrected chi connectivity index (χ0v) is 10.5. The molecule has 0 bridgehead atoms. The van der Waals surface area contributed by atoms with Crippen LogP contribution >= 0.6 is 23.2 Å². The van der Waals surface area contributed by atoms with E-state index in [0.29, 0.717) is 10.3 Å². The highest BCUT2D eigenvalue weighted by Gasteiger charge is 2.13. The molecule has 0 fully saturated rings. The van der Waals surface area contributed by atoms with Gasteiger partial charge in [-0.1, -0.05) is 24.6 Å². The van der Waals surface area contributed by atoms with Gasteiger partial charge in [0.25, 0.3) is 0 Å². The second-order valence-corrected chi connectivity index (χ2v) is 4.27. The zero-order valence-electron chi connectivity index (χ0n) is 9.04. The van der Waals surface area contributed by atoms with Crippen molar-refractivity contribution in [1.82, 2.24) is 14.8 Å². The summed E-state index contributed by atoms with van der Waals surface area (Å²) in [5.74, 6) is 0.802. The average Bonchev–Trinajstić information content (AvgIpc) is 2.60. The van der Waals surface area contributed by atoms with Crippen LogP contribution in [0.2, 0.25) is 10.3 Å². The minimum Gasteiger partial charge on any atom is -0.268 e. The minimum atomic E-state index is 0.336. The fourth-order valence-corrected chi connectivity index (χ4v) is 2.10. The maximum Gasteiger partial charge on any atom is 0.229 e. The van der Waals surface area contributed by atoms with Crippen molar-refractivity contribution >= 4 is 23.2 Å². The van der Waals surface area contributed by atoms with E-state index >= 15 is 0 Å². The van der Waals surface area contributed by atoms with Crippen molar-refractivity contribution in [2.45, 2.75) is 20.3 Å². The quantitative estimate of drug-likeness (QED) is 0.823. The van der Waals surface area contributed by atoms with Gasteiger partial charge in [0.05, 0.1) is 10.7 Å². The molecule has 0 amide bonds. The Morgan fingerprint density at radius 3 is 2.62 bits per heavy atom. The molecule has 0 spiro atoms. The second kappa shape index (κ2) is 4.44. The number of rotatable bonds is 2. The summed E-state index contributed by atoms with van der Waals surface area (Å²) in [5.41, 5.74) is 1.93. The zero-order chi connectivity index (χ0) is 11.7. The predicted octanol–water partition coefficient (Wildman–Crippen LogP) is 3.44. The third kappa shape index (κ3) is 1.93. The Kier molecular flexibility index (Phi) is 3.17. The van der Waals surface area contributed by atoms with Gasteiger partial charge in [-0.25, -0.2) is 0 Å². The number of aromatic nitrogens is 3. The average molecular weight is 256 g/mol. The molecular weight excluding hydrogens is 245 g/mol. The Morgan fingerprint density at radius 2 is 2.00 bits per heavy atom. The fraction of sp³-hybridized carbons (Fsp3) is 0.273. The van der Waals surface area contributed by atoms with E-state index in [1.807, 2.05) is 32.0 Å². The molecule has 0 unspecified atom stereocenters. The van der Waals surface area contributed by atoms with Crippen LogP contribution in [0.4, 0.5) is 0 Å². The monoisotopic (exact) mass is 255 g/mol. The van der Waals surface area contributed by atoms with E-state index in [-0.39, 0.29) is 0 Å². The van der Waals surface area contributed by atoms with Gasteiger partial charge in [-0.3, -0.25) is 4.57 Å². The van der Waals surface area contributed by atoms with Gasteiger partial charge >= 0.3 is 0 Å². The van der Waals surface area contributed by atoms with Crippen LogP contribution in [0.15, 0.2) is 18.2 Å². The molecule has 5 heteroatoms. The van der Waals surface area contributed by atoms with Crippen molar-refractivity contribution in [2.24, 2.45) is 0 Å². The molecule has 3 nitrogen and oxygen atoms in total. The molecule has 0 N–H and O–H groups in total. The number of aryl methyl sites for hydroxylation is 2. The smallest absolute Gasteiger partial charge is 0.229 e. The van der Waals surface area contributed by atoms with E-state index in [4.69, 9.17) is 23.2 Å². The molecule has 0 atom stereocenters. The highest BCUT2D eigenvalue weighted by molar-refractivity contribution is 6.33. The van der Waals surface area contributed by atoms with Gasteiger partial charge in [0.2, 0.25) is 5.28 Å². The summed E-state index contributed by atoms with van der Waals surface area (Å²) < 4.78 is 1.77. The first-order chi connectivity index (χ1) is 7.63. The van der Waals surface area contributed by atoms with Gasteiger partial charge in [-0.05, 0) is 36.2 Å². The molecule has 16 heavy (non-hydrogen) atoms. The van der Waals surface area contributed by atoms with Crippen molar-refractivity contribution in [1.29, 1.82) is 0 Å². The summed E-state index contributed by atoms with van der Waals surface area (Å²) in [6.45, 7) is 3.99. The molecule has 0 aliphatic rings. The minimum absolute atomic E-state index is 0.336. The van der Waals surface area contributed by atoms with E-state index in [0.717, 1.165) is 23.5 Å². The van der Waals surface area contributed by atoms with Gasteiger partial charge in [0, 0.05) is 6.42 Å². The summed E-state index contributed by atoms with van der Waals surface area (Å²) in [6, 6.07) is 5.80. The fourth-order valence-electron chi connectivity index (χ4n) is 1.56. The predicted molar refractivity (Wildman–Crippen MR) is 65.5 cm³/mol. The standard InChI is InChI=1S/C11H11Cl2N3/c1-3-10-14-15-11(13)16(10)9-5-4-7(2)6-8(9)12/h4-6H,3H2,1-2H3. The van der Waals surface area contributed by atoms with Gasteiger partial charge in [-0.15, -0.1) is 10.2 Å². The first-order valence-corrected chi connectivity index (χ1v) is 5.75. The Morgan fingerprint density at radius 1 is 1.25 bits per heavy atom. The van der Waals surface area contributed by atoms with Crippen LogP contribution in [0.1, 0.15) is 18.3 Å². The molecule has 0 aliphatic carbocycles. The Bertz CT molecular complexity index is 520. The second-order valence-electron chi connectivity index (χ2n) is 3.53.